The minimum absolute atomic E-state index is 0.202. The zero-order chi connectivity index (χ0) is 23.5. The molecule has 1 aliphatic heterocycles. The van der Waals surface area contributed by atoms with Gasteiger partial charge in [-0.3, -0.25) is 9.69 Å². The number of nitrogens with zero attached hydrogens (tertiary/aromatic N) is 1. The van der Waals surface area contributed by atoms with Crippen molar-refractivity contribution >= 4 is 5.97 Å². The van der Waals surface area contributed by atoms with Crippen LogP contribution in [0.3, 0.4) is 0 Å². The summed E-state index contributed by atoms with van der Waals surface area (Å²) in [5.74, 6) is -0.471. The number of rotatable bonds is 7. The highest BCUT2D eigenvalue weighted by Crippen LogP contribution is 2.46. The summed E-state index contributed by atoms with van der Waals surface area (Å²) in [5.41, 5.74) is 0.179. The molecule has 3 rings (SSSR count). The fourth-order valence-electron chi connectivity index (χ4n) is 4.25. The number of benzene rings is 2. The summed E-state index contributed by atoms with van der Waals surface area (Å²) in [7, 11) is 4.37. The number of aliphatic carboxylic acids is 1. The first-order valence-electron chi connectivity index (χ1n) is 10.1. The van der Waals surface area contributed by atoms with Crippen LogP contribution < -0.4 is 14.2 Å². The van der Waals surface area contributed by atoms with Gasteiger partial charge < -0.3 is 19.3 Å². The molecule has 1 heterocycles. The monoisotopic (exact) mass is 453 g/mol. The Hall–Kier alpha value is -2.94. The second kappa shape index (κ2) is 9.68. The van der Waals surface area contributed by atoms with Crippen LogP contribution in [0.25, 0.3) is 0 Å². The van der Waals surface area contributed by atoms with Gasteiger partial charge in [0.1, 0.15) is 0 Å². The van der Waals surface area contributed by atoms with Crippen LogP contribution in [0.5, 0.6) is 17.2 Å². The van der Waals surface area contributed by atoms with E-state index in [9.17, 15) is 23.1 Å². The first-order valence-corrected chi connectivity index (χ1v) is 10.1. The van der Waals surface area contributed by atoms with Gasteiger partial charge in [0, 0.05) is 12.1 Å². The average molecular weight is 453 g/mol. The van der Waals surface area contributed by atoms with E-state index in [-0.39, 0.29) is 6.54 Å². The summed E-state index contributed by atoms with van der Waals surface area (Å²) in [6, 6.07) is 7.80. The van der Waals surface area contributed by atoms with Crippen molar-refractivity contribution in [2.75, 3.05) is 34.4 Å². The molecule has 32 heavy (non-hydrogen) atoms. The molecule has 174 valence electrons. The van der Waals surface area contributed by atoms with Crippen LogP contribution in [-0.2, 0) is 11.0 Å². The number of alkyl halides is 3. The SMILES string of the molecule is COc1ccc(C(c2cccc(C(F)(F)F)c2)N2CCCC(C(=O)O)C2)c(OC)c1OC. The number of carbonyl (C=O) groups is 1. The van der Waals surface area contributed by atoms with E-state index < -0.39 is 29.7 Å². The van der Waals surface area contributed by atoms with Gasteiger partial charge in [0.05, 0.1) is 38.9 Å². The minimum atomic E-state index is -4.51. The van der Waals surface area contributed by atoms with Crippen LogP contribution >= 0.6 is 0 Å². The number of hydrogen-bond acceptors (Lipinski definition) is 5. The smallest absolute Gasteiger partial charge is 0.416 e. The molecule has 0 spiro atoms. The molecule has 0 radical (unpaired) electrons. The Balaban J connectivity index is 2.19. The molecule has 2 aromatic carbocycles. The van der Waals surface area contributed by atoms with Gasteiger partial charge >= 0.3 is 12.1 Å². The molecule has 0 aromatic heterocycles. The molecule has 1 saturated heterocycles. The van der Waals surface area contributed by atoms with E-state index in [1.807, 2.05) is 4.90 Å². The molecule has 1 N–H and O–H groups in total. The molecule has 2 unspecified atom stereocenters. The summed E-state index contributed by atoms with van der Waals surface area (Å²) in [4.78, 5) is 13.5. The fraction of sp³-hybridized carbons (Fsp3) is 0.435. The normalized spacial score (nSPS) is 18.1. The van der Waals surface area contributed by atoms with Gasteiger partial charge in [0.2, 0.25) is 5.75 Å². The van der Waals surface area contributed by atoms with Crippen LogP contribution in [0.2, 0.25) is 0 Å². The number of carboxylic acid groups (broad SMARTS) is 1. The lowest BCUT2D eigenvalue weighted by atomic mass is 9.90. The summed E-state index contributed by atoms with van der Waals surface area (Å²) in [6.45, 7) is 0.732. The lowest BCUT2D eigenvalue weighted by Crippen LogP contribution is -2.41. The molecular weight excluding hydrogens is 427 g/mol. The maximum absolute atomic E-state index is 13.5. The molecular formula is C23H26F3NO5. The number of halogens is 3. The molecule has 2 atom stereocenters. The maximum atomic E-state index is 13.5. The summed E-state index contributed by atoms with van der Waals surface area (Å²) >= 11 is 0. The van der Waals surface area contributed by atoms with Crippen molar-refractivity contribution in [1.82, 2.24) is 4.90 Å². The lowest BCUT2D eigenvalue weighted by molar-refractivity contribution is -0.143. The molecule has 1 fully saturated rings. The Morgan fingerprint density at radius 1 is 1.09 bits per heavy atom. The van der Waals surface area contributed by atoms with Crippen LogP contribution in [-0.4, -0.2) is 50.4 Å². The van der Waals surface area contributed by atoms with Gasteiger partial charge in [-0.15, -0.1) is 0 Å². The Labute approximate surface area is 184 Å². The third kappa shape index (κ3) is 4.77. The van der Waals surface area contributed by atoms with Crippen LogP contribution in [0.4, 0.5) is 13.2 Å². The third-order valence-corrected chi connectivity index (χ3v) is 5.73. The van der Waals surface area contributed by atoms with E-state index in [4.69, 9.17) is 14.2 Å². The quantitative estimate of drug-likeness (QED) is 0.660. The van der Waals surface area contributed by atoms with E-state index in [0.717, 1.165) is 12.1 Å². The summed E-state index contributed by atoms with van der Waals surface area (Å²) < 4.78 is 56.8. The van der Waals surface area contributed by atoms with Crippen LogP contribution in [0, 0.1) is 5.92 Å². The molecule has 0 saturated carbocycles. The van der Waals surface area contributed by atoms with Crippen LogP contribution in [0.15, 0.2) is 36.4 Å². The number of piperidine rings is 1. The van der Waals surface area contributed by atoms with E-state index in [2.05, 4.69) is 0 Å². The molecule has 0 bridgehead atoms. The van der Waals surface area contributed by atoms with Crippen molar-refractivity contribution < 1.29 is 37.3 Å². The molecule has 9 heteroatoms. The van der Waals surface area contributed by atoms with Crippen molar-refractivity contribution in [2.24, 2.45) is 5.92 Å². The van der Waals surface area contributed by atoms with Crippen molar-refractivity contribution in [3.8, 4) is 17.2 Å². The number of ether oxygens (including phenoxy) is 3. The van der Waals surface area contributed by atoms with Gasteiger partial charge in [-0.2, -0.15) is 13.2 Å². The van der Waals surface area contributed by atoms with E-state index in [0.29, 0.717) is 47.8 Å². The number of carboxylic acids is 1. The van der Waals surface area contributed by atoms with Gasteiger partial charge in [0.25, 0.3) is 0 Å². The maximum Gasteiger partial charge on any atom is 0.416 e. The van der Waals surface area contributed by atoms with Gasteiger partial charge in [-0.05, 0) is 49.2 Å². The van der Waals surface area contributed by atoms with Gasteiger partial charge in [0.15, 0.2) is 11.5 Å². The number of hydrogen-bond donors (Lipinski definition) is 1. The zero-order valence-corrected chi connectivity index (χ0v) is 18.1. The predicted molar refractivity (Wildman–Crippen MR) is 111 cm³/mol. The Morgan fingerprint density at radius 2 is 1.81 bits per heavy atom. The lowest BCUT2D eigenvalue weighted by Gasteiger charge is -2.38. The zero-order valence-electron chi connectivity index (χ0n) is 18.1. The number of likely N-dealkylation sites (tertiary alicyclic amines) is 1. The highest BCUT2D eigenvalue weighted by molar-refractivity contribution is 5.70. The summed E-state index contributed by atoms with van der Waals surface area (Å²) in [6.07, 6.45) is -3.38. The largest absolute Gasteiger partial charge is 0.493 e. The van der Waals surface area contributed by atoms with E-state index in [1.54, 1.807) is 18.2 Å². The molecule has 0 aliphatic carbocycles. The average Bonchev–Trinajstić information content (AvgIpc) is 2.78. The van der Waals surface area contributed by atoms with Crippen LogP contribution in [0.1, 0.15) is 35.6 Å². The first-order chi connectivity index (χ1) is 15.2. The minimum Gasteiger partial charge on any atom is -0.493 e. The molecule has 0 amide bonds. The van der Waals surface area contributed by atoms with E-state index in [1.165, 1.54) is 27.4 Å². The van der Waals surface area contributed by atoms with Crippen molar-refractivity contribution in [3.63, 3.8) is 0 Å². The first kappa shape index (κ1) is 23.7. The Bertz CT molecular complexity index is 963. The van der Waals surface area contributed by atoms with E-state index >= 15 is 0 Å². The fourth-order valence-corrected chi connectivity index (χ4v) is 4.25. The second-order valence-electron chi connectivity index (χ2n) is 7.62. The molecule has 1 aliphatic rings. The highest BCUT2D eigenvalue weighted by Gasteiger charge is 2.36. The summed E-state index contributed by atoms with van der Waals surface area (Å²) in [5, 5.41) is 9.54. The van der Waals surface area contributed by atoms with Gasteiger partial charge in [-0.25, -0.2) is 0 Å². The Morgan fingerprint density at radius 3 is 2.41 bits per heavy atom. The topological polar surface area (TPSA) is 68.2 Å². The predicted octanol–water partition coefficient (Wildman–Crippen LogP) is 4.62. The molecule has 2 aromatic rings. The third-order valence-electron chi connectivity index (χ3n) is 5.73. The van der Waals surface area contributed by atoms with Gasteiger partial charge in [-0.1, -0.05) is 12.1 Å². The molecule has 6 nitrogen and oxygen atoms in total. The standard InChI is InChI=1S/C23H26F3NO5/c1-30-18-10-9-17(20(31-2)21(18)32-3)19(27-11-5-7-15(13-27)22(28)29)14-6-4-8-16(12-14)23(24,25)26/h4,6,8-10,12,15,19H,5,7,11,13H2,1-3H3,(H,28,29). The van der Waals surface area contributed by atoms with Crippen molar-refractivity contribution in [2.45, 2.75) is 25.1 Å². The highest BCUT2D eigenvalue weighted by atomic mass is 19.4. The Kier molecular flexibility index (Phi) is 7.18. The second-order valence-corrected chi connectivity index (χ2v) is 7.62. The van der Waals surface area contributed by atoms with Crippen molar-refractivity contribution in [3.05, 3.63) is 53.1 Å². The van der Waals surface area contributed by atoms with Crippen molar-refractivity contribution in [1.29, 1.82) is 0 Å². The number of methoxy groups -OCH3 is 3.